The molecule has 2 aromatic heterocycles. The molecule has 6 heteroatoms. The van der Waals surface area contributed by atoms with Crippen LogP contribution in [0.25, 0.3) is 11.0 Å². The van der Waals surface area contributed by atoms with Gasteiger partial charge in [-0.25, -0.2) is 9.98 Å². The van der Waals surface area contributed by atoms with Gasteiger partial charge >= 0.3 is 0 Å². The summed E-state index contributed by atoms with van der Waals surface area (Å²) in [5.41, 5.74) is 8.76. The molecular weight excluding hydrogens is 252 g/mol. The Morgan fingerprint density at radius 2 is 2.05 bits per heavy atom. The third kappa shape index (κ3) is 1.55. The van der Waals surface area contributed by atoms with Gasteiger partial charge in [0.2, 0.25) is 5.95 Å². The van der Waals surface area contributed by atoms with Gasteiger partial charge in [-0.2, -0.15) is 0 Å². The van der Waals surface area contributed by atoms with E-state index in [0.29, 0.717) is 11.9 Å². The fourth-order valence-electron chi connectivity index (χ4n) is 2.47. The molecule has 0 unspecified atom stereocenters. The molecular formula is C14H12N6. The number of nitrogens with two attached hydrogens (primary N) is 1. The predicted molar refractivity (Wildman–Crippen MR) is 77.4 cm³/mol. The third-order valence-electron chi connectivity index (χ3n) is 3.32. The normalized spacial score (nSPS) is 17.4. The van der Waals surface area contributed by atoms with E-state index in [4.69, 9.17) is 5.73 Å². The molecule has 3 heterocycles. The lowest BCUT2D eigenvalue weighted by Crippen LogP contribution is -2.31. The molecule has 0 fully saturated rings. The number of fused-ring (bicyclic) bond motifs is 3. The van der Waals surface area contributed by atoms with Gasteiger partial charge in [-0.1, -0.05) is 18.2 Å². The van der Waals surface area contributed by atoms with E-state index in [1.807, 2.05) is 41.0 Å². The number of rotatable bonds is 1. The maximum absolute atomic E-state index is 5.86. The minimum absolute atomic E-state index is 0.243. The summed E-state index contributed by atoms with van der Waals surface area (Å²) in [5, 5.41) is 3.01. The standard InChI is InChI=1S/C14H12N6/c15-13-18-12(9-4-3-7-16-8-9)20-11-6-2-1-5-10(11)17-14(20)19-13/h1-8,12H,(H3,15,17,18,19)/t12-/m0/s1. The summed E-state index contributed by atoms with van der Waals surface area (Å²) in [4.78, 5) is 13.2. The van der Waals surface area contributed by atoms with Crippen molar-refractivity contribution in [3.05, 3.63) is 54.4 Å². The van der Waals surface area contributed by atoms with Crippen molar-refractivity contribution < 1.29 is 0 Å². The molecule has 20 heavy (non-hydrogen) atoms. The van der Waals surface area contributed by atoms with Crippen LogP contribution >= 0.6 is 0 Å². The Balaban J connectivity index is 1.98. The largest absolute Gasteiger partial charge is 0.370 e. The molecule has 6 nitrogen and oxygen atoms in total. The molecule has 0 radical (unpaired) electrons. The minimum atomic E-state index is -0.243. The summed E-state index contributed by atoms with van der Waals surface area (Å²) in [5.74, 6) is 1.06. The van der Waals surface area contributed by atoms with Crippen molar-refractivity contribution >= 4 is 22.9 Å². The van der Waals surface area contributed by atoms with Gasteiger partial charge in [-0.3, -0.25) is 14.9 Å². The SMILES string of the molecule is NC1=N[C@H](c2cccnc2)n2c(nc3ccccc32)N1. The fraction of sp³-hybridized carbons (Fsp3) is 0.0714. The van der Waals surface area contributed by atoms with E-state index in [9.17, 15) is 0 Å². The first-order valence-electron chi connectivity index (χ1n) is 6.30. The molecule has 1 aliphatic heterocycles. The molecule has 1 atom stereocenters. The van der Waals surface area contributed by atoms with E-state index in [1.54, 1.807) is 12.4 Å². The lowest BCUT2D eigenvalue weighted by Gasteiger charge is -2.23. The molecule has 0 saturated heterocycles. The van der Waals surface area contributed by atoms with Crippen LogP contribution in [0.15, 0.2) is 53.8 Å². The fourth-order valence-corrected chi connectivity index (χ4v) is 2.47. The van der Waals surface area contributed by atoms with Crippen molar-refractivity contribution in [3.8, 4) is 0 Å². The molecule has 4 rings (SSSR count). The van der Waals surface area contributed by atoms with Crippen molar-refractivity contribution in [2.24, 2.45) is 10.7 Å². The van der Waals surface area contributed by atoms with E-state index in [1.165, 1.54) is 0 Å². The Kier molecular flexibility index (Phi) is 2.23. The number of nitrogens with one attached hydrogen (secondary N) is 1. The molecule has 0 saturated carbocycles. The van der Waals surface area contributed by atoms with Gasteiger partial charge in [0.1, 0.15) is 0 Å². The lowest BCUT2D eigenvalue weighted by atomic mass is 10.2. The van der Waals surface area contributed by atoms with E-state index in [0.717, 1.165) is 16.6 Å². The van der Waals surface area contributed by atoms with Crippen molar-refractivity contribution in [2.45, 2.75) is 6.17 Å². The number of imidazole rings is 1. The Morgan fingerprint density at radius 1 is 1.15 bits per heavy atom. The van der Waals surface area contributed by atoms with E-state index < -0.39 is 0 Å². The number of guanidine groups is 1. The number of anilines is 1. The van der Waals surface area contributed by atoms with Crippen LogP contribution in [0.3, 0.4) is 0 Å². The van der Waals surface area contributed by atoms with Gasteiger partial charge < -0.3 is 5.73 Å². The van der Waals surface area contributed by atoms with E-state index in [-0.39, 0.29) is 6.17 Å². The maximum atomic E-state index is 5.86. The quantitative estimate of drug-likeness (QED) is 0.701. The highest BCUT2D eigenvalue weighted by Gasteiger charge is 2.24. The van der Waals surface area contributed by atoms with Gasteiger partial charge in [0.15, 0.2) is 12.1 Å². The first-order chi connectivity index (χ1) is 9.83. The molecule has 3 aromatic rings. The first-order valence-corrected chi connectivity index (χ1v) is 6.30. The molecule has 3 N–H and O–H groups in total. The minimum Gasteiger partial charge on any atom is -0.370 e. The average molecular weight is 264 g/mol. The average Bonchev–Trinajstić information content (AvgIpc) is 2.85. The van der Waals surface area contributed by atoms with Crippen LogP contribution in [0.4, 0.5) is 5.95 Å². The predicted octanol–water partition coefficient (Wildman–Crippen LogP) is 1.72. The highest BCUT2D eigenvalue weighted by Crippen LogP contribution is 2.31. The highest BCUT2D eigenvalue weighted by molar-refractivity contribution is 5.94. The number of hydrogen-bond acceptors (Lipinski definition) is 5. The Bertz CT molecular complexity index is 805. The number of para-hydroxylation sites is 2. The van der Waals surface area contributed by atoms with E-state index >= 15 is 0 Å². The van der Waals surface area contributed by atoms with Crippen LogP contribution < -0.4 is 11.1 Å². The van der Waals surface area contributed by atoms with Crippen molar-refractivity contribution in [3.63, 3.8) is 0 Å². The molecule has 1 aliphatic rings. The maximum Gasteiger partial charge on any atom is 0.212 e. The Morgan fingerprint density at radius 3 is 2.90 bits per heavy atom. The summed E-state index contributed by atoms with van der Waals surface area (Å²) >= 11 is 0. The van der Waals surface area contributed by atoms with Gasteiger partial charge in [0.05, 0.1) is 11.0 Å². The Hall–Kier alpha value is -2.89. The second-order valence-corrected chi connectivity index (χ2v) is 4.59. The smallest absolute Gasteiger partial charge is 0.212 e. The second kappa shape index (κ2) is 4.06. The van der Waals surface area contributed by atoms with Gasteiger partial charge in [0, 0.05) is 18.0 Å². The summed E-state index contributed by atoms with van der Waals surface area (Å²) in [7, 11) is 0. The van der Waals surface area contributed by atoms with Crippen LogP contribution in [0, 0.1) is 0 Å². The number of benzene rings is 1. The molecule has 0 bridgehead atoms. The molecule has 0 spiro atoms. The topological polar surface area (TPSA) is 81.1 Å². The van der Waals surface area contributed by atoms with Crippen LogP contribution in [0.2, 0.25) is 0 Å². The van der Waals surface area contributed by atoms with Crippen molar-refractivity contribution in [1.29, 1.82) is 0 Å². The number of aromatic nitrogens is 3. The van der Waals surface area contributed by atoms with Crippen LogP contribution in [-0.4, -0.2) is 20.5 Å². The van der Waals surface area contributed by atoms with Gasteiger partial charge in [-0.05, 0) is 18.2 Å². The van der Waals surface area contributed by atoms with Crippen LogP contribution in [0.5, 0.6) is 0 Å². The molecule has 1 aromatic carbocycles. The lowest BCUT2D eigenvalue weighted by molar-refractivity contribution is 0.623. The van der Waals surface area contributed by atoms with Crippen LogP contribution in [-0.2, 0) is 0 Å². The number of pyridine rings is 1. The van der Waals surface area contributed by atoms with Crippen LogP contribution in [0.1, 0.15) is 11.7 Å². The van der Waals surface area contributed by atoms with Gasteiger partial charge in [-0.15, -0.1) is 0 Å². The summed E-state index contributed by atoms with van der Waals surface area (Å²) in [6, 6.07) is 11.8. The first kappa shape index (κ1) is 11.0. The van der Waals surface area contributed by atoms with Crippen molar-refractivity contribution in [2.75, 3.05) is 5.32 Å². The monoisotopic (exact) mass is 264 g/mol. The number of hydrogen-bond donors (Lipinski definition) is 2. The highest BCUT2D eigenvalue weighted by atomic mass is 15.4. The molecule has 0 amide bonds. The summed E-state index contributed by atoms with van der Waals surface area (Å²) < 4.78 is 2.03. The zero-order chi connectivity index (χ0) is 13.5. The zero-order valence-electron chi connectivity index (χ0n) is 10.6. The zero-order valence-corrected chi connectivity index (χ0v) is 10.6. The summed E-state index contributed by atoms with van der Waals surface area (Å²) in [6.45, 7) is 0. The molecule has 0 aliphatic carbocycles. The number of nitrogens with zero attached hydrogens (tertiary/aromatic N) is 4. The third-order valence-corrected chi connectivity index (χ3v) is 3.32. The van der Waals surface area contributed by atoms with Crippen molar-refractivity contribution in [1.82, 2.24) is 14.5 Å². The summed E-state index contributed by atoms with van der Waals surface area (Å²) in [6.07, 6.45) is 3.29. The second-order valence-electron chi connectivity index (χ2n) is 4.59. The van der Waals surface area contributed by atoms with E-state index in [2.05, 4.69) is 20.3 Å². The Labute approximate surface area is 115 Å². The molecule has 98 valence electrons. The number of aliphatic imine (C=N–C) groups is 1. The van der Waals surface area contributed by atoms with Gasteiger partial charge in [0.25, 0.3) is 0 Å².